The first-order chi connectivity index (χ1) is 7.45. The standard InChI is InChI=1S/C11H16O5/c1-4-5-10(13)15-7-9(3)16-11(14)6-8(2)12/h4-5,9H,6-7H2,1-3H3. The molecule has 0 fully saturated rings. The van der Waals surface area contributed by atoms with Crippen molar-refractivity contribution in [2.45, 2.75) is 33.3 Å². The minimum atomic E-state index is -0.609. The Labute approximate surface area is 94.4 Å². The van der Waals surface area contributed by atoms with E-state index < -0.39 is 18.0 Å². The molecule has 0 amide bonds. The maximum absolute atomic E-state index is 11.0. The van der Waals surface area contributed by atoms with Crippen molar-refractivity contribution in [2.24, 2.45) is 0 Å². The lowest BCUT2D eigenvalue weighted by molar-refractivity contribution is -0.156. The Morgan fingerprint density at radius 1 is 1.31 bits per heavy atom. The first-order valence-electron chi connectivity index (χ1n) is 4.94. The first-order valence-corrected chi connectivity index (χ1v) is 4.94. The highest BCUT2D eigenvalue weighted by Gasteiger charge is 2.12. The highest BCUT2D eigenvalue weighted by atomic mass is 16.6. The Morgan fingerprint density at radius 2 is 1.94 bits per heavy atom. The van der Waals surface area contributed by atoms with Gasteiger partial charge < -0.3 is 9.47 Å². The average Bonchev–Trinajstić information content (AvgIpc) is 2.13. The lowest BCUT2D eigenvalue weighted by atomic mass is 10.3. The SMILES string of the molecule is CC=CC(=O)OCC(C)OC(=O)CC(C)=O. The van der Waals surface area contributed by atoms with Crippen LogP contribution in [0.2, 0.25) is 0 Å². The lowest BCUT2D eigenvalue weighted by Crippen LogP contribution is -2.22. The molecule has 0 saturated heterocycles. The van der Waals surface area contributed by atoms with Gasteiger partial charge in [0, 0.05) is 6.08 Å². The van der Waals surface area contributed by atoms with Crippen molar-refractivity contribution in [3.63, 3.8) is 0 Å². The van der Waals surface area contributed by atoms with E-state index in [1.165, 1.54) is 13.0 Å². The highest BCUT2D eigenvalue weighted by molar-refractivity contribution is 5.94. The Morgan fingerprint density at radius 3 is 2.44 bits per heavy atom. The van der Waals surface area contributed by atoms with Crippen molar-refractivity contribution < 1.29 is 23.9 Å². The van der Waals surface area contributed by atoms with Crippen LogP contribution in [0.25, 0.3) is 0 Å². The third kappa shape index (κ3) is 7.73. The smallest absolute Gasteiger partial charge is 0.330 e. The van der Waals surface area contributed by atoms with E-state index in [9.17, 15) is 14.4 Å². The Balaban J connectivity index is 3.82. The summed E-state index contributed by atoms with van der Waals surface area (Å²) >= 11 is 0. The van der Waals surface area contributed by atoms with E-state index >= 15 is 0 Å². The summed E-state index contributed by atoms with van der Waals surface area (Å²) in [6, 6.07) is 0. The number of ketones is 1. The summed E-state index contributed by atoms with van der Waals surface area (Å²) in [6.45, 7) is 4.56. The predicted octanol–water partition coefficient (Wildman–Crippen LogP) is 1.02. The number of ether oxygens (including phenoxy) is 2. The van der Waals surface area contributed by atoms with Gasteiger partial charge in [-0.25, -0.2) is 4.79 Å². The van der Waals surface area contributed by atoms with E-state index in [1.807, 2.05) is 0 Å². The predicted molar refractivity (Wildman–Crippen MR) is 56.6 cm³/mol. The number of carbonyl (C=O) groups excluding carboxylic acids is 3. The van der Waals surface area contributed by atoms with Crippen LogP contribution in [0.3, 0.4) is 0 Å². The minimum absolute atomic E-state index is 0.0210. The summed E-state index contributed by atoms with van der Waals surface area (Å²) in [7, 11) is 0. The summed E-state index contributed by atoms with van der Waals surface area (Å²) in [5.41, 5.74) is 0. The van der Waals surface area contributed by atoms with E-state index in [0.717, 1.165) is 0 Å². The molecule has 0 aliphatic carbocycles. The molecule has 0 N–H and O–H groups in total. The molecule has 0 radical (unpaired) electrons. The average molecular weight is 228 g/mol. The molecule has 0 aromatic rings. The first kappa shape index (κ1) is 14.3. The number of rotatable bonds is 6. The molecule has 0 heterocycles. The number of Topliss-reactive ketones (excluding diaryl/α,β-unsaturated/α-hetero) is 1. The Hall–Kier alpha value is -1.65. The van der Waals surface area contributed by atoms with Crippen molar-refractivity contribution in [3.8, 4) is 0 Å². The number of carbonyl (C=O) groups is 3. The molecule has 0 aliphatic heterocycles. The van der Waals surface area contributed by atoms with E-state index in [1.54, 1.807) is 19.9 Å². The second kappa shape index (κ2) is 7.62. The maximum Gasteiger partial charge on any atom is 0.330 e. The van der Waals surface area contributed by atoms with E-state index in [0.29, 0.717) is 0 Å². The van der Waals surface area contributed by atoms with Crippen molar-refractivity contribution in [3.05, 3.63) is 12.2 Å². The van der Waals surface area contributed by atoms with Crippen LogP contribution in [0.4, 0.5) is 0 Å². The van der Waals surface area contributed by atoms with Gasteiger partial charge >= 0.3 is 11.9 Å². The number of esters is 2. The van der Waals surface area contributed by atoms with Crippen LogP contribution in [0.1, 0.15) is 27.2 Å². The van der Waals surface area contributed by atoms with Crippen LogP contribution >= 0.6 is 0 Å². The van der Waals surface area contributed by atoms with Crippen molar-refractivity contribution >= 4 is 17.7 Å². The Bertz CT molecular complexity index is 293. The van der Waals surface area contributed by atoms with Crippen LogP contribution in [0.5, 0.6) is 0 Å². The van der Waals surface area contributed by atoms with Crippen molar-refractivity contribution in [1.29, 1.82) is 0 Å². The Kier molecular flexibility index (Phi) is 6.83. The van der Waals surface area contributed by atoms with Crippen LogP contribution in [-0.4, -0.2) is 30.4 Å². The second-order valence-corrected chi connectivity index (χ2v) is 3.31. The van der Waals surface area contributed by atoms with Crippen LogP contribution in [0, 0.1) is 0 Å². The third-order valence-electron chi connectivity index (χ3n) is 1.49. The van der Waals surface area contributed by atoms with Crippen molar-refractivity contribution in [2.75, 3.05) is 6.61 Å². The quantitative estimate of drug-likeness (QED) is 0.385. The minimum Gasteiger partial charge on any atom is -0.459 e. The summed E-state index contributed by atoms with van der Waals surface area (Å²) in [6.07, 6.45) is 2.01. The van der Waals surface area contributed by atoms with E-state index in [-0.39, 0.29) is 18.8 Å². The summed E-state index contributed by atoms with van der Waals surface area (Å²) < 4.78 is 9.59. The highest BCUT2D eigenvalue weighted by Crippen LogP contribution is 1.97. The van der Waals surface area contributed by atoms with Gasteiger partial charge in [-0.05, 0) is 20.8 Å². The topological polar surface area (TPSA) is 69.7 Å². The molecule has 0 saturated carbocycles. The molecule has 5 nitrogen and oxygen atoms in total. The summed E-state index contributed by atoms with van der Waals surface area (Å²) in [4.78, 5) is 32.5. The molecule has 5 heteroatoms. The normalized spacial score (nSPS) is 12.2. The van der Waals surface area contributed by atoms with Gasteiger partial charge in [-0.1, -0.05) is 6.08 Å². The molecular formula is C11H16O5. The van der Waals surface area contributed by atoms with Crippen LogP contribution < -0.4 is 0 Å². The monoisotopic (exact) mass is 228 g/mol. The van der Waals surface area contributed by atoms with Gasteiger partial charge in [0.15, 0.2) is 0 Å². The molecular weight excluding hydrogens is 212 g/mol. The fourth-order valence-electron chi connectivity index (χ4n) is 0.887. The molecule has 0 spiro atoms. The molecule has 90 valence electrons. The summed E-state index contributed by atoms with van der Waals surface area (Å²) in [5, 5.41) is 0. The molecule has 0 bridgehead atoms. The van der Waals surface area contributed by atoms with Crippen molar-refractivity contribution in [1.82, 2.24) is 0 Å². The zero-order valence-corrected chi connectivity index (χ0v) is 9.69. The zero-order chi connectivity index (χ0) is 12.6. The van der Waals surface area contributed by atoms with Gasteiger partial charge in [0.25, 0.3) is 0 Å². The van der Waals surface area contributed by atoms with Gasteiger partial charge in [0.05, 0.1) is 0 Å². The number of hydrogen-bond acceptors (Lipinski definition) is 5. The van der Waals surface area contributed by atoms with Gasteiger partial charge in [0.1, 0.15) is 24.9 Å². The molecule has 16 heavy (non-hydrogen) atoms. The molecule has 0 rings (SSSR count). The molecule has 0 aromatic heterocycles. The third-order valence-corrected chi connectivity index (χ3v) is 1.49. The molecule has 0 aromatic carbocycles. The molecule has 1 unspecified atom stereocenters. The van der Waals surface area contributed by atoms with E-state index in [2.05, 4.69) is 0 Å². The van der Waals surface area contributed by atoms with E-state index in [4.69, 9.17) is 9.47 Å². The maximum atomic E-state index is 11.0. The number of allylic oxidation sites excluding steroid dienone is 1. The van der Waals surface area contributed by atoms with Gasteiger partial charge in [-0.2, -0.15) is 0 Å². The number of hydrogen-bond donors (Lipinski definition) is 0. The van der Waals surface area contributed by atoms with Gasteiger partial charge in [-0.15, -0.1) is 0 Å². The summed E-state index contributed by atoms with van der Waals surface area (Å²) in [5.74, 6) is -1.36. The van der Waals surface area contributed by atoms with Crippen LogP contribution in [0.15, 0.2) is 12.2 Å². The fourth-order valence-corrected chi connectivity index (χ4v) is 0.887. The largest absolute Gasteiger partial charge is 0.459 e. The second-order valence-electron chi connectivity index (χ2n) is 3.31. The molecule has 0 aliphatic rings. The molecule has 1 atom stereocenters. The van der Waals surface area contributed by atoms with Gasteiger partial charge in [0.2, 0.25) is 0 Å². The van der Waals surface area contributed by atoms with Crippen LogP contribution in [-0.2, 0) is 23.9 Å². The zero-order valence-electron chi connectivity index (χ0n) is 9.69. The fraction of sp³-hybridized carbons (Fsp3) is 0.545. The lowest BCUT2D eigenvalue weighted by Gasteiger charge is -2.12. The van der Waals surface area contributed by atoms with Gasteiger partial charge in [-0.3, -0.25) is 9.59 Å².